The highest BCUT2D eigenvalue weighted by molar-refractivity contribution is 7.89. The first-order valence-corrected chi connectivity index (χ1v) is 13.1. The molecule has 3 aromatic rings. The third-order valence-corrected chi connectivity index (χ3v) is 8.16. The van der Waals surface area contributed by atoms with Gasteiger partial charge in [0.1, 0.15) is 11.6 Å². The van der Waals surface area contributed by atoms with Crippen LogP contribution in [-0.4, -0.2) is 59.9 Å². The number of carbonyl (C=O) groups is 1. The molecule has 0 radical (unpaired) electrons. The Morgan fingerprint density at radius 3 is 2.65 bits per heavy atom. The Kier molecular flexibility index (Phi) is 7.60. The number of aromatic nitrogens is 3. The smallest absolute Gasteiger partial charge is 0.243 e. The van der Waals surface area contributed by atoms with E-state index in [1.807, 2.05) is 24.3 Å². The quantitative estimate of drug-likeness (QED) is 0.499. The SMILES string of the molecule is CCc1ccc(CNC(=O)[C@@H]2CCCCN2S(=O)(=O)c2ccc3c(c2)nnn3CCOC)cc1. The lowest BCUT2D eigenvalue weighted by Gasteiger charge is -2.33. The van der Waals surface area contributed by atoms with Crippen LogP contribution < -0.4 is 5.32 Å². The lowest BCUT2D eigenvalue weighted by Crippen LogP contribution is -2.51. The number of aryl methyl sites for hydroxylation is 1. The van der Waals surface area contributed by atoms with Gasteiger partial charge in [0.2, 0.25) is 15.9 Å². The Bertz CT molecular complexity index is 1240. The molecule has 1 aliphatic rings. The zero-order valence-corrected chi connectivity index (χ0v) is 20.4. The number of sulfonamides is 1. The van der Waals surface area contributed by atoms with Gasteiger partial charge in [-0.25, -0.2) is 13.1 Å². The normalized spacial score (nSPS) is 17.2. The lowest BCUT2D eigenvalue weighted by atomic mass is 10.0. The number of rotatable bonds is 9. The van der Waals surface area contributed by atoms with Crippen molar-refractivity contribution in [2.45, 2.75) is 56.6 Å². The molecule has 1 fully saturated rings. The molecule has 1 atom stereocenters. The first-order chi connectivity index (χ1) is 16.4. The van der Waals surface area contributed by atoms with Gasteiger partial charge in [0.05, 0.1) is 23.6 Å². The third-order valence-electron chi connectivity index (χ3n) is 6.25. The van der Waals surface area contributed by atoms with Gasteiger partial charge in [0, 0.05) is 20.2 Å². The molecule has 1 saturated heterocycles. The highest BCUT2D eigenvalue weighted by Crippen LogP contribution is 2.27. The van der Waals surface area contributed by atoms with Crippen molar-refractivity contribution in [1.29, 1.82) is 0 Å². The second kappa shape index (κ2) is 10.6. The van der Waals surface area contributed by atoms with Crippen molar-refractivity contribution in [3.05, 3.63) is 53.6 Å². The summed E-state index contributed by atoms with van der Waals surface area (Å²) in [5.41, 5.74) is 3.44. The fraction of sp³-hybridized carbons (Fsp3) is 0.458. The maximum Gasteiger partial charge on any atom is 0.243 e. The van der Waals surface area contributed by atoms with Crippen molar-refractivity contribution >= 4 is 27.0 Å². The zero-order valence-electron chi connectivity index (χ0n) is 19.6. The molecule has 4 rings (SSSR count). The zero-order chi connectivity index (χ0) is 24.1. The number of ether oxygens (including phenoxy) is 1. The molecule has 0 spiro atoms. The summed E-state index contributed by atoms with van der Waals surface area (Å²) in [6.45, 7) is 3.77. The van der Waals surface area contributed by atoms with Gasteiger partial charge in [-0.15, -0.1) is 5.10 Å². The number of amides is 1. The summed E-state index contributed by atoms with van der Waals surface area (Å²) >= 11 is 0. The average Bonchev–Trinajstić information content (AvgIpc) is 3.28. The lowest BCUT2D eigenvalue weighted by molar-refractivity contribution is -0.125. The first kappa shape index (κ1) is 24.3. The van der Waals surface area contributed by atoms with Crippen molar-refractivity contribution in [3.8, 4) is 0 Å². The number of nitrogens with one attached hydrogen (secondary N) is 1. The largest absolute Gasteiger partial charge is 0.383 e. The fourth-order valence-corrected chi connectivity index (χ4v) is 5.92. The van der Waals surface area contributed by atoms with Gasteiger partial charge < -0.3 is 10.1 Å². The van der Waals surface area contributed by atoms with Crippen LogP contribution in [0.3, 0.4) is 0 Å². The van der Waals surface area contributed by atoms with Gasteiger partial charge in [-0.05, 0) is 48.6 Å². The van der Waals surface area contributed by atoms with Gasteiger partial charge in [0.15, 0.2) is 0 Å². The minimum atomic E-state index is -3.88. The number of benzene rings is 2. The second-order valence-electron chi connectivity index (χ2n) is 8.47. The Morgan fingerprint density at radius 1 is 1.15 bits per heavy atom. The molecular weight excluding hydrogens is 454 g/mol. The standard InChI is InChI=1S/C24H31N5O4S/c1-3-18-7-9-19(10-8-18)17-25-24(30)23-6-4-5-13-29(23)34(31,32)20-11-12-22-21(16-20)26-27-28(22)14-15-33-2/h7-12,16,23H,3-6,13-15,17H2,1-2H3,(H,25,30)/t23-/m0/s1. The molecule has 0 bridgehead atoms. The van der Waals surface area contributed by atoms with E-state index in [1.165, 1.54) is 15.9 Å². The number of hydrogen-bond donors (Lipinski definition) is 1. The van der Waals surface area contributed by atoms with E-state index in [0.717, 1.165) is 30.3 Å². The minimum Gasteiger partial charge on any atom is -0.383 e. The van der Waals surface area contributed by atoms with Crippen molar-refractivity contribution in [2.75, 3.05) is 20.3 Å². The van der Waals surface area contributed by atoms with Gasteiger partial charge in [-0.3, -0.25) is 4.79 Å². The molecular formula is C24H31N5O4S. The number of nitrogens with zero attached hydrogens (tertiary/aromatic N) is 4. The van der Waals surface area contributed by atoms with Crippen LogP contribution in [0.4, 0.5) is 0 Å². The number of hydrogen-bond acceptors (Lipinski definition) is 6. The monoisotopic (exact) mass is 485 g/mol. The van der Waals surface area contributed by atoms with E-state index in [-0.39, 0.29) is 10.8 Å². The summed E-state index contributed by atoms with van der Waals surface area (Å²) in [6, 6.07) is 12.1. The summed E-state index contributed by atoms with van der Waals surface area (Å²) < 4.78 is 35.2. The van der Waals surface area contributed by atoms with Crippen LogP contribution in [0.15, 0.2) is 47.4 Å². The molecule has 1 amide bonds. The second-order valence-corrected chi connectivity index (χ2v) is 10.4. The van der Waals surface area contributed by atoms with E-state index < -0.39 is 16.1 Å². The topological polar surface area (TPSA) is 106 Å². The van der Waals surface area contributed by atoms with Crippen LogP contribution in [0.25, 0.3) is 11.0 Å². The summed E-state index contributed by atoms with van der Waals surface area (Å²) in [7, 11) is -2.27. The summed E-state index contributed by atoms with van der Waals surface area (Å²) in [6.07, 6.45) is 2.98. The van der Waals surface area contributed by atoms with Crippen molar-refractivity contribution in [3.63, 3.8) is 0 Å². The molecule has 0 saturated carbocycles. The molecule has 2 aromatic carbocycles. The van der Waals surface area contributed by atoms with Gasteiger partial charge in [0.25, 0.3) is 0 Å². The van der Waals surface area contributed by atoms with Crippen LogP contribution in [0, 0.1) is 0 Å². The average molecular weight is 486 g/mol. The Morgan fingerprint density at radius 2 is 1.91 bits per heavy atom. The molecule has 10 heteroatoms. The van der Waals surface area contributed by atoms with E-state index in [1.54, 1.807) is 23.9 Å². The van der Waals surface area contributed by atoms with Crippen molar-refractivity contribution in [2.24, 2.45) is 0 Å². The van der Waals surface area contributed by atoms with E-state index in [9.17, 15) is 13.2 Å². The van der Waals surface area contributed by atoms with Crippen LogP contribution in [-0.2, 0) is 39.1 Å². The summed E-state index contributed by atoms with van der Waals surface area (Å²) in [5.74, 6) is -0.269. The number of carbonyl (C=O) groups excluding carboxylic acids is 1. The molecule has 182 valence electrons. The van der Waals surface area contributed by atoms with Gasteiger partial charge in [-0.1, -0.05) is 42.8 Å². The van der Waals surface area contributed by atoms with Crippen LogP contribution in [0.2, 0.25) is 0 Å². The number of fused-ring (bicyclic) bond motifs is 1. The third kappa shape index (κ3) is 5.13. The Balaban J connectivity index is 1.51. The van der Waals surface area contributed by atoms with Crippen LogP contribution in [0.5, 0.6) is 0 Å². The molecule has 9 nitrogen and oxygen atoms in total. The van der Waals surface area contributed by atoms with Crippen LogP contribution in [0.1, 0.15) is 37.3 Å². The van der Waals surface area contributed by atoms with E-state index in [2.05, 4.69) is 22.6 Å². The fourth-order valence-electron chi connectivity index (χ4n) is 4.25. The highest BCUT2D eigenvalue weighted by atomic mass is 32.2. The maximum absolute atomic E-state index is 13.5. The van der Waals surface area contributed by atoms with Crippen molar-refractivity contribution in [1.82, 2.24) is 24.6 Å². The minimum absolute atomic E-state index is 0.119. The van der Waals surface area contributed by atoms with Gasteiger partial charge >= 0.3 is 0 Å². The predicted molar refractivity (Wildman–Crippen MR) is 129 cm³/mol. The van der Waals surface area contributed by atoms with E-state index in [0.29, 0.717) is 38.2 Å². The Labute approximate surface area is 200 Å². The molecule has 0 aliphatic carbocycles. The highest BCUT2D eigenvalue weighted by Gasteiger charge is 2.37. The van der Waals surface area contributed by atoms with E-state index in [4.69, 9.17) is 4.74 Å². The summed E-state index contributed by atoms with van der Waals surface area (Å²) in [4.78, 5) is 13.2. The van der Waals surface area contributed by atoms with E-state index >= 15 is 0 Å². The Hall–Kier alpha value is -2.82. The molecule has 1 N–H and O–H groups in total. The molecule has 1 aliphatic heterocycles. The van der Waals surface area contributed by atoms with Crippen LogP contribution >= 0.6 is 0 Å². The molecule has 2 heterocycles. The maximum atomic E-state index is 13.5. The predicted octanol–water partition coefficient (Wildman–Crippen LogP) is 2.50. The van der Waals surface area contributed by atoms with Gasteiger partial charge in [-0.2, -0.15) is 4.31 Å². The molecule has 34 heavy (non-hydrogen) atoms. The van der Waals surface area contributed by atoms with Crippen molar-refractivity contribution < 1.29 is 17.9 Å². The summed E-state index contributed by atoms with van der Waals surface area (Å²) in [5, 5.41) is 11.1. The molecule has 1 aromatic heterocycles. The number of piperidine rings is 1. The first-order valence-electron chi connectivity index (χ1n) is 11.6. The molecule has 0 unspecified atom stereocenters. The number of methoxy groups -OCH3 is 1.